The highest BCUT2D eigenvalue weighted by atomic mass is 79.9. The highest BCUT2D eigenvalue weighted by Gasteiger charge is 2.16. The number of hydrogen-bond acceptors (Lipinski definition) is 3. The second-order valence-corrected chi connectivity index (χ2v) is 6.18. The van der Waals surface area contributed by atoms with Crippen molar-refractivity contribution >= 4 is 27.7 Å². The number of nitrogens with zero attached hydrogens (tertiary/aromatic N) is 2. The van der Waals surface area contributed by atoms with Gasteiger partial charge < -0.3 is 5.32 Å². The molecule has 0 bridgehead atoms. The Labute approximate surface area is 123 Å². The summed E-state index contributed by atoms with van der Waals surface area (Å²) in [6, 6.07) is 0.542. The van der Waals surface area contributed by atoms with Gasteiger partial charge in [-0.1, -0.05) is 6.92 Å². The first-order valence-electron chi connectivity index (χ1n) is 6.58. The van der Waals surface area contributed by atoms with Gasteiger partial charge in [-0.2, -0.15) is 16.9 Å². The fraction of sp³-hybridized carbons (Fsp3) is 0.769. The molecule has 1 heterocycles. The molecule has 0 saturated carbocycles. The van der Waals surface area contributed by atoms with Gasteiger partial charge in [0.15, 0.2) is 0 Å². The van der Waals surface area contributed by atoms with Crippen LogP contribution in [-0.4, -0.2) is 34.4 Å². The van der Waals surface area contributed by atoms with Gasteiger partial charge >= 0.3 is 0 Å². The molecule has 1 rings (SSSR count). The fourth-order valence-corrected chi connectivity index (χ4v) is 3.09. The summed E-state index contributed by atoms with van der Waals surface area (Å²) in [4.78, 5) is 0. The number of halogens is 1. The maximum absolute atomic E-state index is 4.56. The molecule has 3 nitrogen and oxygen atoms in total. The minimum absolute atomic E-state index is 0.542. The van der Waals surface area contributed by atoms with Gasteiger partial charge in [0.2, 0.25) is 0 Å². The normalized spacial score (nSPS) is 12.9. The van der Waals surface area contributed by atoms with E-state index in [-0.39, 0.29) is 0 Å². The van der Waals surface area contributed by atoms with Gasteiger partial charge in [0.05, 0.1) is 15.9 Å². The molecule has 1 aromatic heterocycles. The van der Waals surface area contributed by atoms with Crippen molar-refractivity contribution < 1.29 is 0 Å². The Morgan fingerprint density at radius 1 is 1.44 bits per heavy atom. The fourth-order valence-electron chi connectivity index (χ4n) is 2.12. The predicted octanol–water partition coefficient (Wildman–Crippen LogP) is 3.25. The van der Waals surface area contributed by atoms with Gasteiger partial charge in [0, 0.05) is 19.0 Å². The minimum Gasteiger partial charge on any atom is -0.314 e. The molecule has 0 amide bonds. The molecular weight excluding hydrogens is 310 g/mol. The second-order valence-electron chi connectivity index (χ2n) is 4.40. The molecule has 0 aliphatic heterocycles. The number of nitrogens with one attached hydrogen (secondary N) is 1. The summed E-state index contributed by atoms with van der Waals surface area (Å²) in [5.74, 6) is 1.20. The standard InChI is InChI=1S/C13H24BrN3S/c1-5-15-11(7-8-18-4)9-12-13(14)10(3)16-17(12)6-2/h11,15H,5-9H2,1-4H3. The van der Waals surface area contributed by atoms with Gasteiger partial charge in [-0.3, -0.25) is 4.68 Å². The maximum atomic E-state index is 4.56. The van der Waals surface area contributed by atoms with Crippen LogP contribution in [0.15, 0.2) is 4.47 Å². The highest BCUT2D eigenvalue weighted by Crippen LogP contribution is 2.23. The predicted molar refractivity (Wildman–Crippen MR) is 84.5 cm³/mol. The van der Waals surface area contributed by atoms with E-state index in [0.29, 0.717) is 6.04 Å². The molecule has 1 atom stereocenters. The molecular formula is C13H24BrN3S. The SMILES string of the molecule is CCNC(CCSC)Cc1c(Br)c(C)nn1CC. The van der Waals surface area contributed by atoms with Crippen molar-refractivity contribution in [3.05, 3.63) is 15.9 Å². The Kier molecular flexibility index (Phi) is 7.34. The molecule has 1 aromatic rings. The topological polar surface area (TPSA) is 29.9 Å². The summed E-state index contributed by atoms with van der Waals surface area (Å²) >= 11 is 5.58. The van der Waals surface area contributed by atoms with Crippen molar-refractivity contribution in [2.75, 3.05) is 18.6 Å². The van der Waals surface area contributed by atoms with Crippen molar-refractivity contribution in [1.29, 1.82) is 0 Å². The smallest absolute Gasteiger partial charge is 0.0738 e. The molecule has 1 N–H and O–H groups in total. The van der Waals surface area contributed by atoms with Crippen LogP contribution >= 0.6 is 27.7 Å². The first kappa shape index (κ1) is 16.1. The van der Waals surface area contributed by atoms with Crippen molar-refractivity contribution in [3.8, 4) is 0 Å². The van der Waals surface area contributed by atoms with Gasteiger partial charge in [-0.25, -0.2) is 0 Å². The van der Waals surface area contributed by atoms with E-state index in [1.807, 2.05) is 11.8 Å². The zero-order chi connectivity index (χ0) is 13.5. The summed E-state index contributed by atoms with van der Waals surface area (Å²) in [6.07, 6.45) is 4.42. The molecule has 18 heavy (non-hydrogen) atoms. The zero-order valence-electron chi connectivity index (χ0n) is 11.8. The summed E-state index contributed by atoms with van der Waals surface area (Å²) < 4.78 is 3.29. The van der Waals surface area contributed by atoms with E-state index in [1.54, 1.807) is 0 Å². The highest BCUT2D eigenvalue weighted by molar-refractivity contribution is 9.10. The third-order valence-electron chi connectivity index (χ3n) is 3.06. The van der Waals surface area contributed by atoms with E-state index in [0.717, 1.165) is 25.2 Å². The Bertz CT molecular complexity index is 365. The molecule has 0 radical (unpaired) electrons. The van der Waals surface area contributed by atoms with Gasteiger partial charge in [-0.15, -0.1) is 0 Å². The quantitative estimate of drug-likeness (QED) is 0.791. The van der Waals surface area contributed by atoms with Crippen LogP contribution in [0, 0.1) is 6.92 Å². The molecule has 0 fully saturated rings. The van der Waals surface area contributed by atoms with Crippen LogP contribution in [-0.2, 0) is 13.0 Å². The van der Waals surface area contributed by atoms with Crippen LogP contribution in [0.3, 0.4) is 0 Å². The summed E-state index contributed by atoms with van der Waals surface area (Å²) in [7, 11) is 0. The monoisotopic (exact) mass is 333 g/mol. The minimum atomic E-state index is 0.542. The van der Waals surface area contributed by atoms with Crippen LogP contribution in [0.25, 0.3) is 0 Å². The number of aromatic nitrogens is 2. The lowest BCUT2D eigenvalue weighted by Gasteiger charge is -2.18. The third-order valence-corrected chi connectivity index (χ3v) is 4.73. The average Bonchev–Trinajstić information content (AvgIpc) is 2.63. The number of rotatable bonds is 8. The first-order valence-corrected chi connectivity index (χ1v) is 8.76. The van der Waals surface area contributed by atoms with Crippen molar-refractivity contribution in [2.45, 2.75) is 46.2 Å². The van der Waals surface area contributed by atoms with Crippen molar-refractivity contribution in [2.24, 2.45) is 0 Å². The van der Waals surface area contributed by atoms with Gasteiger partial charge in [0.1, 0.15) is 0 Å². The molecule has 1 unspecified atom stereocenters. The lowest BCUT2D eigenvalue weighted by molar-refractivity contribution is 0.488. The summed E-state index contributed by atoms with van der Waals surface area (Å²) in [5.41, 5.74) is 2.41. The van der Waals surface area contributed by atoms with E-state index in [2.05, 4.69) is 58.1 Å². The van der Waals surface area contributed by atoms with Gasteiger partial charge in [-0.05, 0) is 54.8 Å². The molecule has 0 spiro atoms. The molecule has 0 saturated heterocycles. The number of thioether (sulfide) groups is 1. The first-order chi connectivity index (χ1) is 8.63. The third kappa shape index (κ3) is 4.28. The van der Waals surface area contributed by atoms with Crippen LogP contribution in [0.4, 0.5) is 0 Å². The Hall–Kier alpha value is 0. The van der Waals surface area contributed by atoms with Gasteiger partial charge in [0.25, 0.3) is 0 Å². The van der Waals surface area contributed by atoms with E-state index in [1.165, 1.54) is 22.3 Å². The number of likely N-dealkylation sites (N-methyl/N-ethyl adjacent to an activating group) is 1. The van der Waals surface area contributed by atoms with Crippen molar-refractivity contribution in [1.82, 2.24) is 15.1 Å². The van der Waals surface area contributed by atoms with Crippen LogP contribution in [0.1, 0.15) is 31.7 Å². The number of aryl methyl sites for hydroxylation is 2. The molecule has 5 heteroatoms. The Balaban J connectivity index is 2.78. The van der Waals surface area contributed by atoms with Crippen LogP contribution in [0.5, 0.6) is 0 Å². The van der Waals surface area contributed by atoms with Crippen LogP contribution in [0.2, 0.25) is 0 Å². The van der Waals surface area contributed by atoms with E-state index in [4.69, 9.17) is 0 Å². The van der Waals surface area contributed by atoms with E-state index in [9.17, 15) is 0 Å². The molecule has 0 aliphatic rings. The number of hydrogen-bond donors (Lipinski definition) is 1. The van der Waals surface area contributed by atoms with E-state index >= 15 is 0 Å². The largest absolute Gasteiger partial charge is 0.314 e. The Morgan fingerprint density at radius 3 is 2.72 bits per heavy atom. The average molecular weight is 334 g/mol. The zero-order valence-corrected chi connectivity index (χ0v) is 14.2. The lowest BCUT2D eigenvalue weighted by Crippen LogP contribution is -2.32. The second kappa shape index (κ2) is 8.23. The Morgan fingerprint density at radius 2 is 2.17 bits per heavy atom. The van der Waals surface area contributed by atoms with Crippen molar-refractivity contribution in [3.63, 3.8) is 0 Å². The summed E-state index contributed by atoms with van der Waals surface area (Å²) in [6.45, 7) is 8.33. The molecule has 0 aliphatic carbocycles. The molecule has 104 valence electrons. The van der Waals surface area contributed by atoms with E-state index < -0.39 is 0 Å². The maximum Gasteiger partial charge on any atom is 0.0738 e. The summed E-state index contributed by atoms with van der Waals surface area (Å²) in [5, 5.41) is 8.14. The lowest BCUT2D eigenvalue weighted by atomic mass is 10.1. The molecule has 0 aromatic carbocycles. The van der Waals surface area contributed by atoms with Crippen LogP contribution < -0.4 is 5.32 Å².